The second-order valence-corrected chi connectivity index (χ2v) is 4.45. The first kappa shape index (κ1) is 11.0. The van der Waals surface area contributed by atoms with Crippen molar-refractivity contribution in [2.24, 2.45) is 0 Å². The molecule has 2 heterocycles. The highest BCUT2D eigenvalue weighted by Gasteiger charge is 2.06. The van der Waals surface area contributed by atoms with Gasteiger partial charge in [-0.25, -0.2) is 4.98 Å². The average molecular weight is 235 g/mol. The largest absolute Gasteiger partial charge is 0.346 e. The number of aromatic nitrogens is 3. The SMILES string of the molecule is Cc1c[nH]c2nc(=S)n(C(C)C)cc2c1=O. The van der Waals surface area contributed by atoms with Crippen molar-refractivity contribution in [3.05, 3.63) is 33.0 Å². The number of nitrogens with one attached hydrogen (secondary N) is 1. The highest BCUT2D eigenvalue weighted by molar-refractivity contribution is 7.71. The Morgan fingerprint density at radius 1 is 1.50 bits per heavy atom. The number of hydrogen-bond acceptors (Lipinski definition) is 3. The Labute approximate surface area is 98.0 Å². The molecule has 1 N–H and O–H groups in total. The number of aryl methyl sites for hydroxylation is 1. The lowest BCUT2D eigenvalue weighted by Gasteiger charge is -2.11. The molecule has 0 amide bonds. The van der Waals surface area contributed by atoms with Crippen molar-refractivity contribution in [1.29, 1.82) is 0 Å². The summed E-state index contributed by atoms with van der Waals surface area (Å²) in [5, 5.41) is 0.585. The zero-order valence-corrected chi connectivity index (χ0v) is 10.3. The van der Waals surface area contributed by atoms with Gasteiger partial charge in [0.1, 0.15) is 5.65 Å². The molecule has 0 fully saturated rings. The van der Waals surface area contributed by atoms with Crippen LogP contribution in [0.4, 0.5) is 0 Å². The van der Waals surface area contributed by atoms with Gasteiger partial charge in [-0.05, 0) is 33.0 Å². The molecule has 2 aromatic heterocycles. The molecule has 16 heavy (non-hydrogen) atoms. The summed E-state index contributed by atoms with van der Waals surface area (Å²) >= 11 is 5.16. The van der Waals surface area contributed by atoms with Crippen molar-refractivity contribution in [3.8, 4) is 0 Å². The van der Waals surface area contributed by atoms with Crippen molar-refractivity contribution in [2.45, 2.75) is 26.8 Å². The maximum absolute atomic E-state index is 11.9. The maximum atomic E-state index is 11.9. The molecular formula is C11H13N3OS. The van der Waals surface area contributed by atoms with Crippen LogP contribution >= 0.6 is 12.2 Å². The van der Waals surface area contributed by atoms with Gasteiger partial charge in [0.2, 0.25) is 4.77 Å². The third kappa shape index (κ3) is 1.67. The topological polar surface area (TPSA) is 50.7 Å². The second kappa shape index (κ2) is 3.83. The summed E-state index contributed by atoms with van der Waals surface area (Å²) in [5.74, 6) is 0. The Morgan fingerprint density at radius 2 is 2.19 bits per heavy atom. The van der Waals surface area contributed by atoms with E-state index in [-0.39, 0.29) is 11.5 Å². The van der Waals surface area contributed by atoms with Gasteiger partial charge in [0.05, 0.1) is 5.39 Å². The van der Waals surface area contributed by atoms with Crippen LogP contribution in [-0.2, 0) is 0 Å². The predicted octanol–water partition coefficient (Wildman–Crippen LogP) is 2.34. The van der Waals surface area contributed by atoms with E-state index >= 15 is 0 Å². The number of pyridine rings is 1. The highest BCUT2D eigenvalue weighted by atomic mass is 32.1. The fourth-order valence-electron chi connectivity index (χ4n) is 1.57. The van der Waals surface area contributed by atoms with E-state index in [9.17, 15) is 4.79 Å². The van der Waals surface area contributed by atoms with Crippen LogP contribution < -0.4 is 5.43 Å². The van der Waals surface area contributed by atoms with Crippen molar-refractivity contribution in [1.82, 2.24) is 14.5 Å². The van der Waals surface area contributed by atoms with Gasteiger partial charge in [-0.3, -0.25) is 4.79 Å². The Balaban J connectivity index is 2.92. The lowest BCUT2D eigenvalue weighted by Crippen LogP contribution is -2.12. The second-order valence-electron chi connectivity index (χ2n) is 4.09. The molecule has 2 rings (SSSR count). The summed E-state index contributed by atoms with van der Waals surface area (Å²) in [4.78, 5) is 19.1. The molecule has 0 aliphatic heterocycles. The van der Waals surface area contributed by atoms with Crippen LogP contribution in [0.25, 0.3) is 11.0 Å². The van der Waals surface area contributed by atoms with Gasteiger partial charge in [-0.15, -0.1) is 0 Å². The smallest absolute Gasteiger partial charge is 0.201 e. The molecule has 0 saturated heterocycles. The summed E-state index contributed by atoms with van der Waals surface area (Å²) < 4.78 is 2.31. The number of nitrogens with zero attached hydrogens (tertiary/aromatic N) is 2. The maximum Gasteiger partial charge on any atom is 0.201 e. The zero-order valence-electron chi connectivity index (χ0n) is 9.44. The molecule has 0 atom stereocenters. The van der Waals surface area contributed by atoms with Crippen molar-refractivity contribution >= 4 is 23.3 Å². The Hall–Kier alpha value is -1.49. The summed E-state index contributed by atoms with van der Waals surface area (Å²) in [6.45, 7) is 5.79. The Morgan fingerprint density at radius 3 is 2.81 bits per heavy atom. The Bertz CT molecular complexity index is 654. The monoisotopic (exact) mass is 235 g/mol. The minimum Gasteiger partial charge on any atom is -0.346 e. The minimum absolute atomic E-state index is 0.00523. The third-order valence-corrected chi connectivity index (χ3v) is 2.84. The van der Waals surface area contributed by atoms with Crippen LogP contribution in [0.1, 0.15) is 25.5 Å². The lowest BCUT2D eigenvalue weighted by molar-refractivity contribution is 0.581. The van der Waals surface area contributed by atoms with E-state index in [1.807, 2.05) is 18.4 Å². The van der Waals surface area contributed by atoms with Gasteiger partial charge in [-0.2, -0.15) is 0 Å². The number of H-pyrrole nitrogens is 1. The minimum atomic E-state index is 0.00523. The fourth-order valence-corrected chi connectivity index (χ4v) is 1.92. The van der Waals surface area contributed by atoms with E-state index in [0.717, 1.165) is 0 Å². The molecule has 0 saturated carbocycles. The van der Waals surface area contributed by atoms with Gasteiger partial charge < -0.3 is 9.55 Å². The molecule has 4 nitrogen and oxygen atoms in total. The predicted molar refractivity (Wildman–Crippen MR) is 66.3 cm³/mol. The highest BCUT2D eigenvalue weighted by Crippen LogP contribution is 2.10. The lowest BCUT2D eigenvalue weighted by atomic mass is 10.2. The number of hydrogen-bond donors (Lipinski definition) is 1. The van der Waals surface area contributed by atoms with Crippen LogP contribution in [0.15, 0.2) is 17.2 Å². The Kier molecular flexibility index (Phi) is 2.63. The van der Waals surface area contributed by atoms with Gasteiger partial charge in [0.15, 0.2) is 5.43 Å². The van der Waals surface area contributed by atoms with Gasteiger partial charge in [0, 0.05) is 24.0 Å². The van der Waals surface area contributed by atoms with Crippen LogP contribution in [0.2, 0.25) is 0 Å². The molecule has 0 aliphatic rings. The van der Waals surface area contributed by atoms with E-state index < -0.39 is 0 Å². The summed E-state index contributed by atoms with van der Waals surface area (Å²) in [7, 11) is 0. The molecule has 0 aliphatic carbocycles. The number of aromatic amines is 1. The first-order valence-electron chi connectivity index (χ1n) is 5.12. The van der Waals surface area contributed by atoms with Crippen molar-refractivity contribution in [3.63, 3.8) is 0 Å². The zero-order chi connectivity index (χ0) is 11.9. The molecule has 0 radical (unpaired) electrons. The van der Waals surface area contributed by atoms with Gasteiger partial charge in [0.25, 0.3) is 0 Å². The van der Waals surface area contributed by atoms with E-state index in [4.69, 9.17) is 12.2 Å². The molecular weight excluding hydrogens is 222 g/mol. The van der Waals surface area contributed by atoms with E-state index in [1.54, 1.807) is 19.3 Å². The number of rotatable bonds is 1. The van der Waals surface area contributed by atoms with Crippen LogP contribution in [-0.4, -0.2) is 14.5 Å². The number of fused-ring (bicyclic) bond motifs is 1. The van der Waals surface area contributed by atoms with E-state index in [1.165, 1.54) is 0 Å². The molecule has 0 aromatic carbocycles. The van der Waals surface area contributed by atoms with Crippen LogP contribution in [0.5, 0.6) is 0 Å². The summed E-state index contributed by atoms with van der Waals surface area (Å²) in [6, 6.07) is 0.198. The first-order valence-corrected chi connectivity index (χ1v) is 5.52. The standard InChI is InChI=1S/C11H13N3OS/c1-6(2)14-5-8-9(15)7(3)4-12-10(8)13-11(14)16/h4-6H,1-3H3,(H,12,13,16). The molecule has 0 spiro atoms. The molecule has 2 aromatic rings. The fraction of sp³-hybridized carbons (Fsp3) is 0.364. The van der Waals surface area contributed by atoms with Crippen LogP contribution in [0.3, 0.4) is 0 Å². The molecule has 84 valence electrons. The van der Waals surface area contributed by atoms with E-state index in [0.29, 0.717) is 21.4 Å². The van der Waals surface area contributed by atoms with Gasteiger partial charge >= 0.3 is 0 Å². The van der Waals surface area contributed by atoms with Crippen molar-refractivity contribution in [2.75, 3.05) is 0 Å². The average Bonchev–Trinajstić information content (AvgIpc) is 2.23. The van der Waals surface area contributed by atoms with Gasteiger partial charge in [-0.1, -0.05) is 0 Å². The molecule has 0 unspecified atom stereocenters. The normalized spacial score (nSPS) is 11.2. The quantitative estimate of drug-likeness (QED) is 0.772. The third-order valence-electron chi connectivity index (χ3n) is 2.54. The summed E-state index contributed by atoms with van der Waals surface area (Å²) in [5.41, 5.74) is 1.24. The molecule has 0 bridgehead atoms. The first-order chi connectivity index (χ1) is 7.50. The van der Waals surface area contributed by atoms with E-state index in [2.05, 4.69) is 9.97 Å². The van der Waals surface area contributed by atoms with Crippen LogP contribution in [0, 0.1) is 11.7 Å². The summed E-state index contributed by atoms with van der Waals surface area (Å²) in [6.07, 6.45) is 3.44. The molecule has 5 heteroatoms. The van der Waals surface area contributed by atoms with Crippen molar-refractivity contribution < 1.29 is 0 Å².